The van der Waals surface area contributed by atoms with Crippen molar-refractivity contribution in [1.29, 1.82) is 0 Å². The van der Waals surface area contributed by atoms with Crippen molar-refractivity contribution in [1.82, 2.24) is 0 Å². The van der Waals surface area contributed by atoms with Gasteiger partial charge in [-0.05, 0) is 20.3 Å². The Kier molecular flexibility index (Phi) is 12.2. The van der Waals surface area contributed by atoms with Crippen LogP contribution >= 0.6 is 15.9 Å². The standard InChI is InChI=1S/C22H33BrO12/c1-8-9-29-21(22(7,23)11(2)24)35-20-19(33-15(6)28)18(32-14(5)27)17(31-13(4)26)16(34-20)10-30-12(3)25/h16-21H,8-10H2,1-7H3/t16-,17-,18+,19-,20+,21+,22-/m1/s1. The number of halogens is 1. The third kappa shape index (κ3) is 9.47. The lowest BCUT2D eigenvalue weighted by Gasteiger charge is -2.45. The van der Waals surface area contributed by atoms with Gasteiger partial charge >= 0.3 is 23.9 Å². The van der Waals surface area contributed by atoms with E-state index in [-0.39, 0.29) is 12.4 Å². The van der Waals surface area contributed by atoms with Gasteiger partial charge in [-0.15, -0.1) is 0 Å². The second-order valence-corrected chi connectivity index (χ2v) is 9.69. The maximum Gasteiger partial charge on any atom is 0.303 e. The van der Waals surface area contributed by atoms with Gasteiger partial charge in [0, 0.05) is 34.3 Å². The molecule has 1 saturated heterocycles. The average Bonchev–Trinajstić information content (AvgIpc) is 2.72. The summed E-state index contributed by atoms with van der Waals surface area (Å²) in [5, 5.41) is 0. The predicted molar refractivity (Wildman–Crippen MR) is 121 cm³/mol. The first-order valence-electron chi connectivity index (χ1n) is 11.0. The zero-order chi connectivity index (χ0) is 26.9. The minimum Gasteiger partial charge on any atom is -0.463 e. The molecule has 0 aliphatic carbocycles. The van der Waals surface area contributed by atoms with Crippen LogP contribution in [-0.2, 0) is 57.1 Å². The molecule has 0 bridgehead atoms. The third-order valence-corrected chi connectivity index (χ3v) is 5.74. The number of carbonyl (C=O) groups is 5. The minimum atomic E-state index is -1.48. The van der Waals surface area contributed by atoms with E-state index in [1.54, 1.807) is 0 Å². The van der Waals surface area contributed by atoms with Crippen molar-refractivity contribution < 1.29 is 57.1 Å². The monoisotopic (exact) mass is 568 g/mol. The highest BCUT2D eigenvalue weighted by atomic mass is 79.9. The van der Waals surface area contributed by atoms with E-state index in [1.807, 2.05) is 6.92 Å². The van der Waals surface area contributed by atoms with E-state index in [9.17, 15) is 24.0 Å². The molecule has 1 rings (SSSR count). The van der Waals surface area contributed by atoms with Gasteiger partial charge in [0.15, 0.2) is 30.4 Å². The molecule has 0 aromatic heterocycles. The minimum absolute atomic E-state index is 0.213. The van der Waals surface area contributed by atoms with Crippen LogP contribution in [-0.4, -0.2) is 84.2 Å². The molecular formula is C22H33BrO12. The highest BCUT2D eigenvalue weighted by Crippen LogP contribution is 2.34. The highest BCUT2D eigenvalue weighted by molar-refractivity contribution is 9.10. The van der Waals surface area contributed by atoms with Gasteiger partial charge < -0.3 is 33.2 Å². The molecule has 0 unspecified atom stereocenters. The summed E-state index contributed by atoms with van der Waals surface area (Å²) >= 11 is 3.32. The first kappa shape index (κ1) is 30.9. The van der Waals surface area contributed by atoms with Gasteiger partial charge in [0.2, 0.25) is 6.29 Å². The molecule has 12 nitrogen and oxygen atoms in total. The van der Waals surface area contributed by atoms with E-state index in [4.69, 9.17) is 33.2 Å². The van der Waals surface area contributed by atoms with Gasteiger partial charge in [0.1, 0.15) is 17.0 Å². The Balaban J connectivity index is 3.51. The van der Waals surface area contributed by atoms with E-state index < -0.39 is 71.8 Å². The van der Waals surface area contributed by atoms with Gasteiger partial charge in [-0.2, -0.15) is 0 Å². The molecule has 0 amide bonds. The first-order valence-corrected chi connectivity index (χ1v) is 11.8. The number of carbonyl (C=O) groups excluding carboxylic acids is 5. The second-order valence-electron chi connectivity index (χ2n) is 8.04. The molecule has 7 atom stereocenters. The van der Waals surface area contributed by atoms with Crippen LogP contribution < -0.4 is 0 Å². The Hall–Kier alpha value is -2.09. The molecule has 1 aliphatic rings. The fourth-order valence-corrected chi connectivity index (χ4v) is 3.37. The van der Waals surface area contributed by atoms with Crippen LogP contribution in [0.15, 0.2) is 0 Å². The van der Waals surface area contributed by atoms with Crippen molar-refractivity contribution in [2.45, 2.75) is 96.2 Å². The number of Topliss-reactive ketones (excluding diaryl/α,β-unsaturated/α-hetero) is 1. The first-order chi connectivity index (χ1) is 16.2. The number of hydrogen-bond acceptors (Lipinski definition) is 12. The normalized spacial score (nSPS) is 26.6. The molecule has 1 fully saturated rings. The Morgan fingerprint density at radius 3 is 1.83 bits per heavy atom. The van der Waals surface area contributed by atoms with Crippen molar-refractivity contribution in [3.8, 4) is 0 Å². The maximum atomic E-state index is 12.3. The summed E-state index contributed by atoms with van der Waals surface area (Å²) in [5.41, 5.74) is 0. The fraction of sp³-hybridized carbons (Fsp3) is 0.773. The zero-order valence-corrected chi connectivity index (χ0v) is 22.4. The summed E-state index contributed by atoms with van der Waals surface area (Å²) in [6.07, 6.45) is -7.45. The van der Waals surface area contributed by atoms with Crippen molar-refractivity contribution in [2.75, 3.05) is 13.2 Å². The average molecular weight is 569 g/mol. The largest absolute Gasteiger partial charge is 0.463 e. The van der Waals surface area contributed by atoms with Gasteiger partial charge in [0.25, 0.3) is 0 Å². The van der Waals surface area contributed by atoms with Gasteiger partial charge in [0.05, 0.1) is 0 Å². The van der Waals surface area contributed by atoms with E-state index in [0.29, 0.717) is 6.42 Å². The molecule has 0 radical (unpaired) electrons. The Morgan fingerprint density at radius 2 is 1.37 bits per heavy atom. The van der Waals surface area contributed by atoms with E-state index in [1.165, 1.54) is 20.8 Å². The smallest absolute Gasteiger partial charge is 0.303 e. The Bertz CT molecular complexity index is 782. The Labute approximate surface area is 212 Å². The predicted octanol–water partition coefficient (Wildman–Crippen LogP) is 1.58. The quantitative estimate of drug-likeness (QED) is 0.145. The number of rotatable bonds is 12. The lowest BCUT2D eigenvalue weighted by atomic mass is 9.98. The second kappa shape index (κ2) is 13.9. The molecule has 0 spiro atoms. The van der Waals surface area contributed by atoms with Crippen LogP contribution in [0.5, 0.6) is 0 Å². The molecule has 0 aromatic carbocycles. The van der Waals surface area contributed by atoms with Crippen molar-refractivity contribution in [3.63, 3.8) is 0 Å². The summed E-state index contributed by atoms with van der Waals surface area (Å²) in [6, 6.07) is 0. The lowest BCUT2D eigenvalue weighted by molar-refractivity contribution is -0.341. The number of ketones is 1. The van der Waals surface area contributed by atoms with Crippen molar-refractivity contribution >= 4 is 45.6 Å². The molecular weight excluding hydrogens is 536 g/mol. The molecule has 0 saturated carbocycles. The van der Waals surface area contributed by atoms with Gasteiger partial charge in [-0.1, -0.05) is 22.9 Å². The maximum absolute atomic E-state index is 12.3. The summed E-state index contributed by atoms with van der Waals surface area (Å²) in [5.74, 6) is -3.28. The van der Waals surface area contributed by atoms with Crippen LogP contribution in [0.3, 0.4) is 0 Å². The zero-order valence-electron chi connectivity index (χ0n) is 20.9. The molecule has 35 heavy (non-hydrogen) atoms. The van der Waals surface area contributed by atoms with Crippen molar-refractivity contribution in [3.05, 3.63) is 0 Å². The summed E-state index contributed by atoms with van der Waals surface area (Å²) in [6.45, 7) is 9.03. The highest BCUT2D eigenvalue weighted by Gasteiger charge is 2.54. The third-order valence-electron chi connectivity index (χ3n) is 4.81. The van der Waals surface area contributed by atoms with Crippen LogP contribution in [0, 0.1) is 0 Å². The summed E-state index contributed by atoms with van der Waals surface area (Å²) in [7, 11) is 0. The number of esters is 4. The van der Waals surface area contributed by atoms with Crippen molar-refractivity contribution in [2.24, 2.45) is 0 Å². The SMILES string of the molecule is CCCO[C@@H](O[C@@H]1O[C@H](COC(C)=O)[C@@H](OC(C)=O)[C@H](OC(C)=O)[C@H]1OC(C)=O)[C@](C)(Br)C(C)=O. The van der Waals surface area contributed by atoms with Gasteiger partial charge in [-0.25, -0.2) is 0 Å². The van der Waals surface area contributed by atoms with Crippen LogP contribution in [0.4, 0.5) is 0 Å². The van der Waals surface area contributed by atoms with E-state index in [0.717, 1.165) is 20.8 Å². The fourth-order valence-electron chi connectivity index (χ4n) is 3.13. The van der Waals surface area contributed by atoms with Crippen LogP contribution in [0.1, 0.15) is 54.9 Å². The molecule has 200 valence electrons. The molecule has 1 heterocycles. The van der Waals surface area contributed by atoms with E-state index >= 15 is 0 Å². The summed E-state index contributed by atoms with van der Waals surface area (Å²) < 4.78 is 37.3. The van der Waals surface area contributed by atoms with Crippen LogP contribution in [0.25, 0.3) is 0 Å². The summed E-state index contributed by atoms with van der Waals surface area (Å²) in [4.78, 5) is 59.4. The topological polar surface area (TPSA) is 150 Å². The van der Waals surface area contributed by atoms with E-state index in [2.05, 4.69) is 15.9 Å². The van der Waals surface area contributed by atoms with Crippen LogP contribution in [0.2, 0.25) is 0 Å². The number of hydrogen-bond donors (Lipinski definition) is 0. The number of alkyl halides is 1. The number of ether oxygens (including phenoxy) is 7. The molecule has 0 aromatic rings. The Morgan fingerprint density at radius 1 is 0.857 bits per heavy atom. The van der Waals surface area contributed by atoms with Gasteiger partial charge in [-0.3, -0.25) is 24.0 Å². The lowest BCUT2D eigenvalue weighted by Crippen LogP contribution is -2.64. The molecule has 13 heteroatoms. The molecule has 1 aliphatic heterocycles. The molecule has 0 N–H and O–H groups in total.